The van der Waals surface area contributed by atoms with Gasteiger partial charge in [-0.1, -0.05) is 32.9 Å². The van der Waals surface area contributed by atoms with Crippen LogP contribution >= 0.6 is 0 Å². The molecule has 0 rings (SSSR count). The maximum Gasteiger partial charge on any atom is 0.307 e. The summed E-state index contributed by atoms with van der Waals surface area (Å²) in [5, 5.41) is 8.81. The molecule has 0 aliphatic rings. The summed E-state index contributed by atoms with van der Waals surface area (Å²) in [6, 6.07) is 0. The highest BCUT2D eigenvalue weighted by atomic mass is 16.4. The quantitative estimate of drug-likeness (QED) is 0.644. The molecule has 0 aromatic carbocycles. The van der Waals surface area contributed by atoms with Gasteiger partial charge in [-0.2, -0.15) is 0 Å². The van der Waals surface area contributed by atoms with Gasteiger partial charge in [-0.25, -0.2) is 0 Å². The Morgan fingerprint density at radius 2 is 2.08 bits per heavy atom. The Balaban J connectivity index is 4.11. The van der Waals surface area contributed by atoms with Crippen LogP contribution in [0.5, 0.6) is 0 Å². The number of hydrogen-bond acceptors (Lipinski definition) is 1. The Labute approximate surface area is 74.3 Å². The number of allylic oxidation sites excluding steroid dienone is 2. The van der Waals surface area contributed by atoms with Gasteiger partial charge in [0.05, 0.1) is 5.92 Å². The Kier molecular flexibility index (Phi) is 5.43. The summed E-state index contributed by atoms with van der Waals surface area (Å²) in [5.74, 6) is -0.772. The second-order valence-electron chi connectivity index (χ2n) is 3.05. The van der Waals surface area contributed by atoms with Gasteiger partial charge in [0, 0.05) is 0 Å². The first-order valence-corrected chi connectivity index (χ1v) is 4.52. The topological polar surface area (TPSA) is 37.3 Å². The highest BCUT2D eigenvalue weighted by Crippen LogP contribution is 2.17. The fourth-order valence-corrected chi connectivity index (χ4v) is 1.26. The molecule has 0 saturated heterocycles. The minimum absolute atomic E-state index is 0.146. The number of carbonyl (C=O) groups is 1. The van der Waals surface area contributed by atoms with Crippen molar-refractivity contribution in [3.63, 3.8) is 0 Å². The first kappa shape index (κ1) is 11.2. The number of hydrogen-bond donors (Lipinski definition) is 1. The molecule has 0 fully saturated rings. The van der Waals surface area contributed by atoms with Crippen LogP contribution in [-0.2, 0) is 4.79 Å². The van der Waals surface area contributed by atoms with Crippen LogP contribution in [0.4, 0.5) is 0 Å². The average Bonchev–Trinajstić information content (AvgIpc) is 2.01. The highest BCUT2D eigenvalue weighted by Gasteiger charge is 2.19. The van der Waals surface area contributed by atoms with Gasteiger partial charge in [-0.05, 0) is 18.8 Å². The molecule has 0 heterocycles. The van der Waals surface area contributed by atoms with Crippen molar-refractivity contribution in [3.05, 3.63) is 12.2 Å². The van der Waals surface area contributed by atoms with E-state index in [0.717, 1.165) is 6.42 Å². The first-order chi connectivity index (χ1) is 5.63. The second kappa shape index (κ2) is 5.81. The van der Waals surface area contributed by atoms with Crippen LogP contribution in [0.25, 0.3) is 0 Å². The van der Waals surface area contributed by atoms with Crippen LogP contribution in [0.1, 0.15) is 33.6 Å². The van der Waals surface area contributed by atoms with E-state index in [0.29, 0.717) is 6.42 Å². The lowest BCUT2D eigenvalue weighted by Crippen LogP contribution is -2.19. The van der Waals surface area contributed by atoms with Crippen LogP contribution in [0.2, 0.25) is 0 Å². The fraction of sp³-hybridized carbons (Fsp3) is 0.700. The van der Waals surface area contributed by atoms with E-state index in [1.165, 1.54) is 0 Å². The minimum Gasteiger partial charge on any atom is -0.481 e. The first-order valence-electron chi connectivity index (χ1n) is 4.52. The summed E-state index contributed by atoms with van der Waals surface area (Å²) >= 11 is 0. The smallest absolute Gasteiger partial charge is 0.307 e. The molecule has 2 nitrogen and oxygen atoms in total. The van der Waals surface area contributed by atoms with Crippen molar-refractivity contribution in [2.45, 2.75) is 33.6 Å². The zero-order chi connectivity index (χ0) is 9.56. The van der Waals surface area contributed by atoms with Gasteiger partial charge in [0.15, 0.2) is 0 Å². The van der Waals surface area contributed by atoms with Crippen LogP contribution in [0.15, 0.2) is 12.2 Å². The Hall–Kier alpha value is -0.790. The lowest BCUT2D eigenvalue weighted by atomic mass is 9.91. The third-order valence-electron chi connectivity index (χ3n) is 2.07. The van der Waals surface area contributed by atoms with E-state index in [2.05, 4.69) is 0 Å². The number of carboxylic acid groups (broad SMARTS) is 1. The molecule has 2 atom stereocenters. The molecule has 12 heavy (non-hydrogen) atoms. The van der Waals surface area contributed by atoms with E-state index in [9.17, 15) is 4.79 Å². The lowest BCUT2D eigenvalue weighted by Gasteiger charge is -2.14. The standard InChI is InChI=1S/C10H18O2/c1-4-6-7-8(3)9(5-2)10(11)12/h6-9H,4-5H2,1-3H3,(H,11,12). The Morgan fingerprint density at radius 1 is 1.50 bits per heavy atom. The maximum atomic E-state index is 10.7. The summed E-state index contributed by atoms with van der Waals surface area (Å²) in [7, 11) is 0. The van der Waals surface area contributed by atoms with E-state index in [1.807, 2.05) is 32.9 Å². The van der Waals surface area contributed by atoms with E-state index >= 15 is 0 Å². The monoisotopic (exact) mass is 170 g/mol. The molecule has 0 aliphatic heterocycles. The van der Waals surface area contributed by atoms with Gasteiger partial charge in [0.25, 0.3) is 0 Å². The molecule has 0 radical (unpaired) electrons. The molecule has 0 bridgehead atoms. The highest BCUT2D eigenvalue weighted by molar-refractivity contribution is 5.70. The molecule has 0 aromatic heterocycles. The van der Waals surface area contributed by atoms with Gasteiger partial charge in [0.1, 0.15) is 0 Å². The average molecular weight is 170 g/mol. The predicted molar refractivity (Wildman–Crippen MR) is 50.0 cm³/mol. The normalized spacial score (nSPS) is 16.2. The number of rotatable bonds is 5. The zero-order valence-electron chi connectivity index (χ0n) is 8.08. The van der Waals surface area contributed by atoms with Crippen molar-refractivity contribution in [2.24, 2.45) is 11.8 Å². The van der Waals surface area contributed by atoms with E-state index in [1.54, 1.807) is 0 Å². The van der Waals surface area contributed by atoms with Crippen LogP contribution in [0.3, 0.4) is 0 Å². The van der Waals surface area contributed by atoms with Crippen molar-refractivity contribution >= 4 is 5.97 Å². The van der Waals surface area contributed by atoms with Crippen molar-refractivity contribution < 1.29 is 9.90 Å². The number of carboxylic acids is 1. The van der Waals surface area contributed by atoms with Crippen LogP contribution < -0.4 is 0 Å². The molecular weight excluding hydrogens is 152 g/mol. The van der Waals surface area contributed by atoms with E-state index in [4.69, 9.17) is 5.11 Å². The third kappa shape index (κ3) is 3.56. The molecule has 0 aromatic rings. The molecule has 0 amide bonds. The predicted octanol–water partition coefficient (Wildman–Crippen LogP) is 2.70. The zero-order valence-corrected chi connectivity index (χ0v) is 8.08. The molecule has 1 N–H and O–H groups in total. The summed E-state index contributed by atoms with van der Waals surface area (Å²) in [5.41, 5.74) is 0. The molecule has 2 unspecified atom stereocenters. The van der Waals surface area contributed by atoms with Gasteiger partial charge in [-0.15, -0.1) is 0 Å². The molecule has 70 valence electrons. The van der Waals surface area contributed by atoms with Crippen molar-refractivity contribution in [3.8, 4) is 0 Å². The summed E-state index contributed by atoms with van der Waals surface area (Å²) < 4.78 is 0. The number of aliphatic carboxylic acids is 1. The summed E-state index contributed by atoms with van der Waals surface area (Å²) in [4.78, 5) is 10.7. The minimum atomic E-state index is -0.689. The Bertz CT molecular complexity index is 161. The molecule has 0 saturated carbocycles. The van der Waals surface area contributed by atoms with Gasteiger partial charge in [0.2, 0.25) is 0 Å². The largest absolute Gasteiger partial charge is 0.481 e. The van der Waals surface area contributed by atoms with Crippen molar-refractivity contribution in [1.82, 2.24) is 0 Å². The fourth-order valence-electron chi connectivity index (χ4n) is 1.26. The van der Waals surface area contributed by atoms with Crippen LogP contribution in [-0.4, -0.2) is 11.1 Å². The molecular formula is C10H18O2. The SMILES string of the molecule is CCC=CC(C)C(CC)C(=O)O. The summed E-state index contributed by atoms with van der Waals surface area (Å²) in [6.45, 7) is 5.91. The van der Waals surface area contributed by atoms with E-state index < -0.39 is 5.97 Å². The maximum absolute atomic E-state index is 10.7. The van der Waals surface area contributed by atoms with Gasteiger partial charge in [-0.3, -0.25) is 4.79 Å². The molecule has 2 heteroatoms. The molecule has 0 aliphatic carbocycles. The third-order valence-corrected chi connectivity index (χ3v) is 2.07. The Morgan fingerprint density at radius 3 is 2.42 bits per heavy atom. The van der Waals surface area contributed by atoms with Crippen LogP contribution in [0, 0.1) is 11.8 Å². The lowest BCUT2D eigenvalue weighted by molar-refractivity contribution is -0.142. The summed E-state index contributed by atoms with van der Waals surface area (Å²) in [6.07, 6.45) is 5.68. The van der Waals surface area contributed by atoms with Gasteiger partial charge >= 0.3 is 5.97 Å². The second-order valence-corrected chi connectivity index (χ2v) is 3.05. The van der Waals surface area contributed by atoms with Crippen molar-refractivity contribution in [2.75, 3.05) is 0 Å². The molecule has 0 spiro atoms. The van der Waals surface area contributed by atoms with Gasteiger partial charge < -0.3 is 5.11 Å². The van der Waals surface area contributed by atoms with Crippen molar-refractivity contribution in [1.29, 1.82) is 0 Å². The van der Waals surface area contributed by atoms with E-state index in [-0.39, 0.29) is 11.8 Å².